The highest BCUT2D eigenvalue weighted by Gasteiger charge is 2.32. The van der Waals surface area contributed by atoms with Gasteiger partial charge < -0.3 is 15.5 Å². The fraction of sp³-hybridized carbons (Fsp3) is 0.0870. The molecule has 3 aromatic heterocycles. The first-order valence-corrected chi connectivity index (χ1v) is 10.1. The van der Waals surface area contributed by atoms with Crippen LogP contribution >= 0.6 is 11.6 Å². The van der Waals surface area contributed by atoms with Gasteiger partial charge in [-0.2, -0.15) is 0 Å². The molecule has 8 nitrogen and oxygen atoms in total. The molecule has 0 bridgehead atoms. The zero-order chi connectivity index (χ0) is 22.6. The molecule has 0 spiro atoms. The molecule has 1 aromatic carbocycles. The Morgan fingerprint density at radius 1 is 1.06 bits per heavy atom. The number of hydrogen-bond acceptors (Lipinski definition) is 7. The third kappa shape index (κ3) is 2.88. The highest BCUT2D eigenvalue weighted by atomic mass is 35.5. The maximum Gasteiger partial charge on any atom is 0.356 e. The lowest BCUT2D eigenvalue weighted by Crippen LogP contribution is -2.26. The molecule has 0 saturated heterocycles. The lowest BCUT2D eigenvalue weighted by Gasteiger charge is -2.15. The summed E-state index contributed by atoms with van der Waals surface area (Å²) in [5.41, 5.74) is 7.51. The number of allylic oxidation sites excluding steroid dienone is 2. The van der Waals surface area contributed by atoms with Gasteiger partial charge in [-0.15, -0.1) is 0 Å². The van der Waals surface area contributed by atoms with E-state index in [9.17, 15) is 14.4 Å². The molecular weight excluding hydrogens is 432 g/mol. The summed E-state index contributed by atoms with van der Waals surface area (Å²) in [6, 6.07) is 12.3. The molecule has 0 saturated carbocycles. The molecule has 1 aliphatic rings. The van der Waals surface area contributed by atoms with Crippen LogP contribution in [0.25, 0.3) is 33.2 Å². The van der Waals surface area contributed by atoms with Gasteiger partial charge in [0.25, 0.3) is 0 Å². The van der Waals surface area contributed by atoms with E-state index in [0.717, 1.165) is 16.3 Å². The number of para-hydroxylation sites is 1. The molecule has 0 amide bonds. The molecule has 0 fully saturated rings. The van der Waals surface area contributed by atoms with Crippen molar-refractivity contribution in [2.75, 3.05) is 6.61 Å². The topological polar surface area (TPSA) is 128 Å². The van der Waals surface area contributed by atoms with Crippen LogP contribution in [0.4, 0.5) is 0 Å². The molecule has 1 aliphatic carbocycles. The number of H-pyrrole nitrogens is 1. The van der Waals surface area contributed by atoms with Gasteiger partial charge >= 0.3 is 5.97 Å². The number of carbonyl (C=O) groups excluding carboxylic acids is 3. The number of aromatic amines is 1. The summed E-state index contributed by atoms with van der Waals surface area (Å²) in [6.45, 7) is 1.90. The van der Waals surface area contributed by atoms with Crippen LogP contribution < -0.4 is 5.73 Å². The molecule has 9 heteroatoms. The molecule has 0 atom stereocenters. The minimum absolute atomic E-state index is 0.0624. The maximum absolute atomic E-state index is 12.6. The van der Waals surface area contributed by atoms with E-state index in [2.05, 4.69) is 15.0 Å². The van der Waals surface area contributed by atoms with Crippen molar-refractivity contribution in [1.29, 1.82) is 0 Å². The second-order valence-corrected chi connectivity index (χ2v) is 7.53. The monoisotopic (exact) mass is 446 g/mol. The van der Waals surface area contributed by atoms with Gasteiger partial charge in [0.05, 0.1) is 23.4 Å². The molecule has 4 aromatic rings. The smallest absolute Gasteiger partial charge is 0.356 e. The molecule has 0 aliphatic heterocycles. The summed E-state index contributed by atoms with van der Waals surface area (Å²) in [7, 11) is 0. The fourth-order valence-corrected chi connectivity index (χ4v) is 3.94. The minimum Gasteiger partial charge on any atom is -0.461 e. The second-order valence-electron chi connectivity index (χ2n) is 7.15. The zero-order valence-corrected chi connectivity index (χ0v) is 17.5. The zero-order valence-electron chi connectivity index (χ0n) is 16.7. The summed E-state index contributed by atoms with van der Waals surface area (Å²) in [5.74, 6) is -1.79. The number of esters is 1. The molecule has 5 rings (SSSR count). The average molecular weight is 447 g/mol. The summed E-state index contributed by atoms with van der Waals surface area (Å²) in [4.78, 5) is 49.7. The number of nitrogens with one attached hydrogen (secondary N) is 1. The molecule has 0 radical (unpaired) electrons. The van der Waals surface area contributed by atoms with Crippen molar-refractivity contribution < 1.29 is 19.1 Å². The van der Waals surface area contributed by atoms with E-state index in [4.69, 9.17) is 22.1 Å². The Morgan fingerprint density at radius 3 is 2.62 bits per heavy atom. The summed E-state index contributed by atoms with van der Waals surface area (Å²) >= 11 is 5.89. The third-order valence-electron chi connectivity index (χ3n) is 5.26. The molecule has 3 heterocycles. The van der Waals surface area contributed by atoms with Crippen molar-refractivity contribution in [2.45, 2.75) is 6.92 Å². The largest absolute Gasteiger partial charge is 0.461 e. The molecule has 3 N–H and O–H groups in total. The normalized spacial score (nSPS) is 13.7. The molecule has 32 heavy (non-hydrogen) atoms. The minimum atomic E-state index is -0.638. The number of rotatable bonds is 3. The van der Waals surface area contributed by atoms with E-state index < -0.39 is 17.5 Å². The number of aromatic nitrogens is 3. The van der Waals surface area contributed by atoms with E-state index in [-0.39, 0.29) is 34.3 Å². The highest BCUT2D eigenvalue weighted by molar-refractivity contribution is 6.49. The van der Waals surface area contributed by atoms with Crippen LogP contribution in [-0.4, -0.2) is 39.1 Å². The Balaban J connectivity index is 1.79. The van der Waals surface area contributed by atoms with Crippen LogP contribution in [0, 0.1) is 0 Å². The third-order valence-corrected chi connectivity index (χ3v) is 5.63. The first-order chi connectivity index (χ1) is 15.4. The number of pyridine rings is 2. The molecule has 0 unspecified atom stereocenters. The first-order valence-electron chi connectivity index (χ1n) is 9.75. The quantitative estimate of drug-likeness (QED) is 0.458. The number of ketones is 2. The van der Waals surface area contributed by atoms with Gasteiger partial charge in [0.15, 0.2) is 0 Å². The number of Topliss-reactive ketones (excluding diaryl/α,β-unsaturated/α-hetero) is 2. The van der Waals surface area contributed by atoms with Crippen molar-refractivity contribution in [3.63, 3.8) is 0 Å². The Kier molecular flexibility index (Phi) is 4.53. The number of halogens is 1. The van der Waals surface area contributed by atoms with Crippen molar-refractivity contribution in [3.8, 4) is 11.4 Å². The van der Waals surface area contributed by atoms with Gasteiger partial charge in [0.2, 0.25) is 11.6 Å². The lowest BCUT2D eigenvalue weighted by atomic mass is 9.96. The Bertz CT molecular complexity index is 1520. The van der Waals surface area contributed by atoms with Crippen molar-refractivity contribution in [1.82, 2.24) is 15.0 Å². The van der Waals surface area contributed by atoms with Gasteiger partial charge in [-0.1, -0.05) is 29.8 Å². The maximum atomic E-state index is 12.6. The lowest BCUT2D eigenvalue weighted by molar-refractivity contribution is 0.0519. The van der Waals surface area contributed by atoms with E-state index in [1.54, 1.807) is 19.1 Å². The predicted molar refractivity (Wildman–Crippen MR) is 119 cm³/mol. The number of fused-ring (bicyclic) bond motifs is 4. The summed E-state index contributed by atoms with van der Waals surface area (Å²) in [5, 5.41) is 1.32. The number of nitrogens with zero attached hydrogens (tertiary/aromatic N) is 2. The number of benzene rings is 1. The van der Waals surface area contributed by atoms with E-state index in [0.29, 0.717) is 16.9 Å². The Hall–Kier alpha value is -4.04. The van der Waals surface area contributed by atoms with Crippen molar-refractivity contribution in [3.05, 3.63) is 70.1 Å². The van der Waals surface area contributed by atoms with Crippen LogP contribution in [-0.2, 0) is 4.74 Å². The Morgan fingerprint density at radius 2 is 1.84 bits per heavy atom. The van der Waals surface area contributed by atoms with Gasteiger partial charge in [0.1, 0.15) is 27.8 Å². The standard InChI is InChI=1S/C23H15ClN4O4/c1-2-32-23(31)15-9-12-10-5-3-4-6-13(10)26-18(12)20(28-15)14-8-7-11-19(27-14)22(30)17(25)16(24)21(11)29/h3-9,26H,2,25H2,1H3. The van der Waals surface area contributed by atoms with E-state index in [1.165, 1.54) is 6.07 Å². The van der Waals surface area contributed by atoms with E-state index >= 15 is 0 Å². The number of ether oxygens (including phenoxy) is 1. The number of nitrogens with two attached hydrogens (primary N) is 1. The van der Waals surface area contributed by atoms with Crippen LogP contribution in [0.3, 0.4) is 0 Å². The van der Waals surface area contributed by atoms with Crippen LogP contribution in [0.1, 0.15) is 38.3 Å². The SMILES string of the molecule is CCOC(=O)c1cc2c([nH]c3ccccc32)c(-c2ccc3c(n2)C(=O)C(N)=C(Cl)C3=O)n1. The second kappa shape index (κ2) is 7.28. The summed E-state index contributed by atoms with van der Waals surface area (Å²) < 4.78 is 5.14. The van der Waals surface area contributed by atoms with Gasteiger partial charge in [-0.3, -0.25) is 9.59 Å². The van der Waals surface area contributed by atoms with Crippen LogP contribution in [0.2, 0.25) is 0 Å². The number of carbonyl (C=O) groups is 3. The first kappa shape index (κ1) is 19.9. The van der Waals surface area contributed by atoms with Gasteiger partial charge in [-0.25, -0.2) is 14.8 Å². The fourth-order valence-electron chi connectivity index (χ4n) is 3.76. The van der Waals surface area contributed by atoms with Crippen molar-refractivity contribution >= 4 is 50.9 Å². The Labute approximate surface area is 186 Å². The van der Waals surface area contributed by atoms with Crippen LogP contribution in [0.15, 0.2) is 53.2 Å². The van der Waals surface area contributed by atoms with Gasteiger partial charge in [-0.05, 0) is 31.2 Å². The van der Waals surface area contributed by atoms with Gasteiger partial charge in [0, 0.05) is 16.3 Å². The predicted octanol–water partition coefficient (Wildman–Crippen LogP) is 3.74. The van der Waals surface area contributed by atoms with E-state index in [1.807, 2.05) is 24.3 Å². The highest BCUT2D eigenvalue weighted by Crippen LogP contribution is 2.34. The molecule has 158 valence electrons. The summed E-state index contributed by atoms with van der Waals surface area (Å²) in [6.07, 6.45) is 0. The average Bonchev–Trinajstić information content (AvgIpc) is 3.19. The van der Waals surface area contributed by atoms with Crippen LogP contribution in [0.5, 0.6) is 0 Å². The number of hydrogen-bond donors (Lipinski definition) is 2. The van der Waals surface area contributed by atoms with Crippen molar-refractivity contribution in [2.24, 2.45) is 5.73 Å². The molecular formula is C23H15ClN4O4.